The number of hydrogen-bond acceptors (Lipinski definition) is 3. The van der Waals surface area contributed by atoms with Gasteiger partial charge in [0.1, 0.15) is 0 Å². The molecule has 1 saturated heterocycles. The zero-order valence-electron chi connectivity index (χ0n) is 10.2. The van der Waals surface area contributed by atoms with Crippen molar-refractivity contribution >= 4 is 0 Å². The molecule has 3 atom stereocenters. The van der Waals surface area contributed by atoms with Crippen LogP contribution in [0.5, 0.6) is 0 Å². The second-order valence-corrected chi connectivity index (χ2v) is 5.42. The summed E-state index contributed by atoms with van der Waals surface area (Å²) < 4.78 is 0. The summed E-state index contributed by atoms with van der Waals surface area (Å²) >= 11 is 0. The molecular weight excluding hydrogens is 186 g/mol. The molecule has 2 rings (SSSR count). The maximum absolute atomic E-state index is 6.18. The van der Waals surface area contributed by atoms with E-state index in [1.807, 2.05) is 0 Å². The summed E-state index contributed by atoms with van der Waals surface area (Å²) in [6.07, 6.45) is 6.57. The van der Waals surface area contributed by atoms with Crippen LogP contribution in [0, 0.1) is 0 Å². The van der Waals surface area contributed by atoms with Crippen LogP contribution in [-0.2, 0) is 0 Å². The highest BCUT2D eigenvalue weighted by Gasteiger charge is 2.32. The lowest BCUT2D eigenvalue weighted by Crippen LogP contribution is -2.52. The predicted octanol–water partition coefficient (Wildman–Crippen LogP) is 0.892. The minimum atomic E-state index is 0.436. The molecule has 0 aromatic carbocycles. The number of likely N-dealkylation sites (tertiary alicyclic amines) is 1. The van der Waals surface area contributed by atoms with E-state index in [2.05, 4.69) is 23.9 Å². The van der Waals surface area contributed by atoms with Gasteiger partial charge in [-0.05, 0) is 46.3 Å². The Morgan fingerprint density at radius 3 is 2.53 bits per heavy atom. The van der Waals surface area contributed by atoms with Crippen molar-refractivity contribution in [3.05, 3.63) is 0 Å². The quantitative estimate of drug-likeness (QED) is 0.736. The van der Waals surface area contributed by atoms with Crippen molar-refractivity contribution in [1.82, 2.24) is 9.80 Å². The highest BCUT2D eigenvalue weighted by Crippen LogP contribution is 2.26. The van der Waals surface area contributed by atoms with Gasteiger partial charge in [0.25, 0.3) is 0 Å². The molecule has 0 amide bonds. The van der Waals surface area contributed by atoms with E-state index in [1.54, 1.807) is 0 Å². The van der Waals surface area contributed by atoms with Gasteiger partial charge >= 0.3 is 0 Å². The number of likely N-dealkylation sites (N-methyl/N-ethyl adjacent to an activating group) is 1. The standard InChI is InChI=1S/C12H25N3/c1-14(2)10-5-4-8-15(9-10)12-7-3-6-11(12)13/h10-12H,3-9,13H2,1-2H3. The largest absolute Gasteiger partial charge is 0.326 e. The maximum Gasteiger partial charge on any atom is 0.0247 e. The Kier molecular flexibility index (Phi) is 3.65. The van der Waals surface area contributed by atoms with Crippen LogP contribution in [0.25, 0.3) is 0 Å². The highest BCUT2D eigenvalue weighted by atomic mass is 15.2. The summed E-state index contributed by atoms with van der Waals surface area (Å²) in [5.74, 6) is 0. The lowest BCUT2D eigenvalue weighted by Gasteiger charge is -2.40. The molecule has 3 nitrogen and oxygen atoms in total. The third kappa shape index (κ3) is 2.52. The van der Waals surface area contributed by atoms with Gasteiger partial charge in [0.15, 0.2) is 0 Å². The molecule has 1 aliphatic carbocycles. The second kappa shape index (κ2) is 4.81. The van der Waals surface area contributed by atoms with E-state index in [1.165, 1.54) is 45.2 Å². The molecule has 3 heteroatoms. The van der Waals surface area contributed by atoms with Gasteiger partial charge in [-0.1, -0.05) is 6.42 Å². The van der Waals surface area contributed by atoms with Crippen molar-refractivity contribution in [3.8, 4) is 0 Å². The normalized spacial score (nSPS) is 38.8. The predicted molar refractivity (Wildman–Crippen MR) is 63.9 cm³/mol. The molecule has 0 aromatic rings. The number of nitrogens with zero attached hydrogens (tertiary/aromatic N) is 2. The van der Waals surface area contributed by atoms with Crippen LogP contribution in [0.3, 0.4) is 0 Å². The molecule has 3 unspecified atom stereocenters. The summed E-state index contributed by atoms with van der Waals surface area (Å²) in [6.45, 7) is 2.49. The molecule has 2 fully saturated rings. The van der Waals surface area contributed by atoms with Crippen molar-refractivity contribution in [2.24, 2.45) is 5.73 Å². The number of piperidine rings is 1. The van der Waals surface area contributed by atoms with Gasteiger partial charge < -0.3 is 10.6 Å². The lowest BCUT2D eigenvalue weighted by molar-refractivity contribution is 0.0918. The average Bonchev–Trinajstić information content (AvgIpc) is 2.64. The van der Waals surface area contributed by atoms with Crippen molar-refractivity contribution < 1.29 is 0 Å². The van der Waals surface area contributed by atoms with Crippen molar-refractivity contribution in [1.29, 1.82) is 0 Å². The van der Waals surface area contributed by atoms with E-state index in [0.717, 1.165) is 6.04 Å². The van der Waals surface area contributed by atoms with Crippen molar-refractivity contribution in [2.45, 2.75) is 50.2 Å². The lowest BCUT2D eigenvalue weighted by atomic mass is 10.0. The van der Waals surface area contributed by atoms with Gasteiger partial charge in [0, 0.05) is 24.7 Å². The van der Waals surface area contributed by atoms with Crippen LogP contribution < -0.4 is 5.73 Å². The van der Waals surface area contributed by atoms with Gasteiger partial charge in [0.2, 0.25) is 0 Å². The second-order valence-electron chi connectivity index (χ2n) is 5.42. The summed E-state index contributed by atoms with van der Waals surface area (Å²) in [4.78, 5) is 5.01. The van der Waals surface area contributed by atoms with Gasteiger partial charge in [-0.25, -0.2) is 0 Å². The van der Waals surface area contributed by atoms with Crippen LogP contribution in [0.15, 0.2) is 0 Å². The Hall–Kier alpha value is -0.120. The van der Waals surface area contributed by atoms with E-state index in [0.29, 0.717) is 12.1 Å². The Labute approximate surface area is 93.6 Å². The zero-order chi connectivity index (χ0) is 10.8. The fourth-order valence-corrected chi connectivity index (χ4v) is 3.13. The molecule has 2 aliphatic rings. The molecule has 1 heterocycles. The van der Waals surface area contributed by atoms with E-state index in [4.69, 9.17) is 5.73 Å². The molecule has 0 bridgehead atoms. The average molecular weight is 211 g/mol. The summed E-state index contributed by atoms with van der Waals surface area (Å²) in [6, 6.07) is 1.85. The Balaban J connectivity index is 1.92. The summed E-state index contributed by atoms with van der Waals surface area (Å²) in [5.41, 5.74) is 6.18. The molecule has 2 N–H and O–H groups in total. The molecule has 0 aromatic heterocycles. The van der Waals surface area contributed by atoms with Gasteiger partial charge in [-0.3, -0.25) is 4.90 Å². The first kappa shape index (κ1) is 11.4. The minimum Gasteiger partial charge on any atom is -0.326 e. The SMILES string of the molecule is CN(C)C1CCCN(C2CCCC2N)C1. The van der Waals surface area contributed by atoms with Gasteiger partial charge in [0.05, 0.1) is 0 Å². The van der Waals surface area contributed by atoms with E-state index in [9.17, 15) is 0 Å². The summed E-state index contributed by atoms with van der Waals surface area (Å²) in [7, 11) is 4.39. The summed E-state index contributed by atoms with van der Waals surface area (Å²) in [5, 5.41) is 0. The van der Waals surface area contributed by atoms with Crippen molar-refractivity contribution in [2.75, 3.05) is 27.2 Å². The van der Waals surface area contributed by atoms with E-state index >= 15 is 0 Å². The van der Waals surface area contributed by atoms with Gasteiger partial charge in [-0.15, -0.1) is 0 Å². The molecule has 0 spiro atoms. The topological polar surface area (TPSA) is 32.5 Å². The molecule has 0 radical (unpaired) electrons. The molecule has 1 saturated carbocycles. The fraction of sp³-hybridized carbons (Fsp3) is 1.00. The highest BCUT2D eigenvalue weighted by molar-refractivity contribution is 4.91. The van der Waals surface area contributed by atoms with Gasteiger partial charge in [-0.2, -0.15) is 0 Å². The first-order valence-corrected chi connectivity index (χ1v) is 6.34. The minimum absolute atomic E-state index is 0.436. The van der Waals surface area contributed by atoms with E-state index < -0.39 is 0 Å². The Morgan fingerprint density at radius 2 is 1.93 bits per heavy atom. The van der Waals surface area contributed by atoms with Crippen LogP contribution in [-0.4, -0.2) is 55.1 Å². The zero-order valence-corrected chi connectivity index (χ0v) is 10.2. The van der Waals surface area contributed by atoms with Crippen LogP contribution in [0.4, 0.5) is 0 Å². The third-order valence-electron chi connectivity index (χ3n) is 4.16. The first-order valence-electron chi connectivity index (χ1n) is 6.34. The van der Waals surface area contributed by atoms with Crippen LogP contribution in [0.2, 0.25) is 0 Å². The fourth-order valence-electron chi connectivity index (χ4n) is 3.13. The van der Waals surface area contributed by atoms with Crippen molar-refractivity contribution in [3.63, 3.8) is 0 Å². The number of hydrogen-bond donors (Lipinski definition) is 1. The van der Waals surface area contributed by atoms with Crippen LogP contribution >= 0.6 is 0 Å². The van der Waals surface area contributed by atoms with E-state index in [-0.39, 0.29) is 0 Å². The Morgan fingerprint density at radius 1 is 1.13 bits per heavy atom. The third-order valence-corrected chi connectivity index (χ3v) is 4.16. The number of nitrogens with two attached hydrogens (primary N) is 1. The molecule has 1 aliphatic heterocycles. The van der Waals surface area contributed by atoms with Crippen LogP contribution in [0.1, 0.15) is 32.1 Å². The molecule has 15 heavy (non-hydrogen) atoms. The maximum atomic E-state index is 6.18. The molecule has 88 valence electrons. The first-order chi connectivity index (χ1) is 7.18. The smallest absolute Gasteiger partial charge is 0.0247 e. The monoisotopic (exact) mass is 211 g/mol. The number of rotatable bonds is 2. The Bertz CT molecular complexity index is 205. The molecular formula is C12H25N3.